The first-order valence-corrected chi connectivity index (χ1v) is 12.1. The molecule has 0 saturated heterocycles. The van der Waals surface area contributed by atoms with Gasteiger partial charge in [0.05, 0.1) is 11.6 Å². The maximum absolute atomic E-state index is 13.6. The normalized spacial score (nSPS) is 23.3. The van der Waals surface area contributed by atoms with Crippen LogP contribution in [-0.4, -0.2) is 40.1 Å². The number of nitrogens with zero attached hydrogens (tertiary/aromatic N) is 2. The summed E-state index contributed by atoms with van der Waals surface area (Å²) in [5.74, 6) is -0.828. The van der Waals surface area contributed by atoms with Gasteiger partial charge in [-0.1, -0.05) is 25.0 Å². The Morgan fingerprint density at radius 3 is 2.74 bits per heavy atom. The van der Waals surface area contributed by atoms with Crippen molar-refractivity contribution in [2.45, 2.75) is 69.8 Å². The van der Waals surface area contributed by atoms with Gasteiger partial charge in [-0.15, -0.1) is 13.2 Å². The number of carbonyl (C=O) groups excluding carboxylic acids is 2. The maximum atomic E-state index is 13.6. The molecule has 1 aliphatic heterocycles. The van der Waals surface area contributed by atoms with Gasteiger partial charge in [-0.05, 0) is 37.7 Å². The SMILES string of the molecule is N#CC1(NC(=O)C[C@H]2CCCC[C@H]2C(=O)N2CCc3[nH]c4c(OC(F)(F)F)cccc4c3C2)CC1. The topological polar surface area (TPSA) is 98.2 Å². The first-order valence-electron chi connectivity index (χ1n) is 12.1. The summed E-state index contributed by atoms with van der Waals surface area (Å²) < 4.78 is 42.7. The molecule has 7 nitrogen and oxygen atoms in total. The number of nitriles is 1. The van der Waals surface area contributed by atoms with Crippen molar-refractivity contribution in [2.24, 2.45) is 11.8 Å². The van der Waals surface area contributed by atoms with Gasteiger partial charge in [0, 0.05) is 48.5 Å². The Morgan fingerprint density at radius 2 is 2.03 bits per heavy atom. The number of H-pyrrole nitrogens is 1. The maximum Gasteiger partial charge on any atom is 0.573 e. The van der Waals surface area contributed by atoms with Crippen LogP contribution in [0.15, 0.2) is 18.2 Å². The summed E-state index contributed by atoms with van der Waals surface area (Å²) in [5, 5.41) is 12.7. The van der Waals surface area contributed by atoms with E-state index >= 15 is 0 Å². The molecule has 5 rings (SSSR count). The minimum Gasteiger partial charge on any atom is -0.404 e. The van der Waals surface area contributed by atoms with Crippen LogP contribution in [0, 0.1) is 23.2 Å². The van der Waals surface area contributed by atoms with Crippen LogP contribution in [0.1, 0.15) is 56.2 Å². The van der Waals surface area contributed by atoms with E-state index in [4.69, 9.17) is 0 Å². The molecule has 2 fully saturated rings. The first-order chi connectivity index (χ1) is 16.7. The average Bonchev–Trinajstić information content (AvgIpc) is 3.48. The molecule has 2 aromatic rings. The third kappa shape index (κ3) is 4.81. The number of ether oxygens (including phenoxy) is 1. The van der Waals surface area contributed by atoms with Crippen LogP contribution in [-0.2, 0) is 22.6 Å². The predicted molar refractivity (Wildman–Crippen MR) is 120 cm³/mol. The van der Waals surface area contributed by atoms with Crippen LogP contribution in [0.2, 0.25) is 0 Å². The van der Waals surface area contributed by atoms with Gasteiger partial charge in [0.25, 0.3) is 0 Å². The van der Waals surface area contributed by atoms with Gasteiger partial charge in [0.2, 0.25) is 11.8 Å². The molecule has 1 aromatic heterocycles. The van der Waals surface area contributed by atoms with Crippen LogP contribution in [0.4, 0.5) is 13.2 Å². The minimum absolute atomic E-state index is 0.00776. The Morgan fingerprint density at radius 1 is 1.26 bits per heavy atom. The molecule has 0 spiro atoms. The fraction of sp³-hybridized carbons (Fsp3) is 0.560. The number of amides is 2. The lowest BCUT2D eigenvalue weighted by Gasteiger charge is -2.36. The van der Waals surface area contributed by atoms with Crippen LogP contribution in [0.5, 0.6) is 5.75 Å². The highest BCUT2D eigenvalue weighted by molar-refractivity contribution is 5.90. The van der Waals surface area contributed by atoms with Crippen molar-refractivity contribution in [3.63, 3.8) is 0 Å². The quantitative estimate of drug-likeness (QED) is 0.655. The summed E-state index contributed by atoms with van der Waals surface area (Å²) >= 11 is 0. The zero-order valence-corrected chi connectivity index (χ0v) is 19.2. The van der Waals surface area contributed by atoms with E-state index in [-0.39, 0.29) is 41.3 Å². The van der Waals surface area contributed by atoms with Crippen molar-refractivity contribution < 1.29 is 27.5 Å². The first kappa shape index (κ1) is 23.5. The molecule has 2 saturated carbocycles. The smallest absolute Gasteiger partial charge is 0.404 e. The lowest BCUT2D eigenvalue weighted by Crippen LogP contribution is -2.44. The van der Waals surface area contributed by atoms with Gasteiger partial charge >= 0.3 is 6.36 Å². The van der Waals surface area contributed by atoms with E-state index in [0.717, 1.165) is 30.5 Å². The van der Waals surface area contributed by atoms with Crippen molar-refractivity contribution in [3.8, 4) is 11.8 Å². The van der Waals surface area contributed by atoms with E-state index in [1.165, 1.54) is 12.1 Å². The summed E-state index contributed by atoms with van der Waals surface area (Å²) in [7, 11) is 0. The molecule has 1 aromatic carbocycles. The number of halogens is 3. The molecule has 35 heavy (non-hydrogen) atoms. The number of benzene rings is 1. The number of alkyl halides is 3. The van der Waals surface area contributed by atoms with E-state index in [1.54, 1.807) is 11.0 Å². The van der Waals surface area contributed by atoms with Gasteiger partial charge < -0.3 is 19.9 Å². The number of carbonyl (C=O) groups is 2. The third-order valence-corrected chi connectivity index (χ3v) is 7.53. The van der Waals surface area contributed by atoms with E-state index in [0.29, 0.717) is 44.2 Å². The number of aromatic amines is 1. The van der Waals surface area contributed by atoms with E-state index in [9.17, 15) is 28.0 Å². The number of fused-ring (bicyclic) bond motifs is 3. The van der Waals surface area contributed by atoms with Crippen LogP contribution < -0.4 is 10.1 Å². The molecule has 10 heteroatoms. The number of nitrogens with one attached hydrogen (secondary N) is 2. The average molecular weight is 489 g/mol. The number of hydrogen-bond donors (Lipinski definition) is 2. The highest BCUT2D eigenvalue weighted by Crippen LogP contribution is 2.39. The van der Waals surface area contributed by atoms with Gasteiger partial charge in [-0.2, -0.15) is 5.26 Å². The molecular weight excluding hydrogens is 461 g/mol. The second kappa shape index (κ2) is 8.77. The van der Waals surface area contributed by atoms with Gasteiger partial charge in [0.1, 0.15) is 5.54 Å². The number of aromatic nitrogens is 1. The fourth-order valence-electron chi connectivity index (χ4n) is 5.57. The van der Waals surface area contributed by atoms with Gasteiger partial charge in [-0.25, -0.2) is 0 Å². The number of hydrogen-bond acceptors (Lipinski definition) is 4. The summed E-state index contributed by atoms with van der Waals surface area (Å²) in [5.41, 5.74) is 1.18. The van der Waals surface area contributed by atoms with E-state index in [1.807, 2.05) is 0 Å². The minimum atomic E-state index is -4.80. The van der Waals surface area contributed by atoms with Crippen molar-refractivity contribution >= 4 is 22.7 Å². The predicted octanol–water partition coefficient (Wildman–Crippen LogP) is 4.32. The molecule has 3 aliphatic rings. The lowest BCUT2D eigenvalue weighted by atomic mass is 9.76. The van der Waals surface area contributed by atoms with E-state index in [2.05, 4.69) is 21.1 Å². The zero-order valence-electron chi connectivity index (χ0n) is 19.2. The van der Waals surface area contributed by atoms with Gasteiger partial charge in [-0.3, -0.25) is 9.59 Å². The van der Waals surface area contributed by atoms with Crippen molar-refractivity contribution in [1.82, 2.24) is 15.2 Å². The van der Waals surface area contributed by atoms with E-state index < -0.39 is 11.9 Å². The summed E-state index contributed by atoms with van der Waals surface area (Å²) in [4.78, 5) is 31.0. The van der Waals surface area contributed by atoms with Crippen molar-refractivity contribution in [1.29, 1.82) is 5.26 Å². The molecule has 2 N–H and O–H groups in total. The molecule has 2 heterocycles. The summed E-state index contributed by atoms with van der Waals surface area (Å²) in [6.45, 7) is 0.762. The molecule has 2 amide bonds. The molecular formula is C25H27F3N4O3. The van der Waals surface area contributed by atoms with Crippen LogP contribution >= 0.6 is 0 Å². The third-order valence-electron chi connectivity index (χ3n) is 7.53. The Bertz CT molecular complexity index is 1200. The summed E-state index contributed by atoms with van der Waals surface area (Å²) in [6, 6.07) is 6.69. The van der Waals surface area contributed by atoms with Crippen LogP contribution in [0.3, 0.4) is 0 Å². The van der Waals surface area contributed by atoms with Crippen molar-refractivity contribution in [2.75, 3.05) is 6.54 Å². The van der Waals surface area contributed by atoms with Gasteiger partial charge in [0.15, 0.2) is 5.75 Å². The zero-order chi connectivity index (χ0) is 24.8. The number of para-hydroxylation sites is 1. The fourth-order valence-corrected chi connectivity index (χ4v) is 5.57. The highest BCUT2D eigenvalue weighted by Gasteiger charge is 2.45. The monoisotopic (exact) mass is 488 g/mol. The second-order valence-corrected chi connectivity index (χ2v) is 9.92. The summed E-state index contributed by atoms with van der Waals surface area (Å²) in [6.07, 6.45) is 0.636. The lowest BCUT2D eigenvalue weighted by molar-refractivity contribution is -0.274. The Balaban J connectivity index is 1.31. The standard InChI is InChI=1S/C25H27F3N4O3/c26-25(27,28)35-20-7-3-6-17-18-13-32(11-8-19(18)30-22(17)20)23(34)16-5-2-1-4-15(16)12-21(33)31-24(14-29)9-10-24/h3,6-7,15-16,30H,1-2,4-5,8-13H2,(H,31,33)/t15-,16-/m1/s1. The Kier molecular flexibility index (Phi) is 5.90. The highest BCUT2D eigenvalue weighted by atomic mass is 19.4. The Labute approximate surface area is 200 Å². The van der Waals surface area contributed by atoms with Crippen molar-refractivity contribution in [3.05, 3.63) is 29.5 Å². The molecule has 0 radical (unpaired) electrons. The molecule has 186 valence electrons. The number of rotatable bonds is 5. The second-order valence-electron chi connectivity index (χ2n) is 9.92. The molecule has 0 bridgehead atoms. The largest absolute Gasteiger partial charge is 0.573 e. The molecule has 2 aliphatic carbocycles. The van der Waals surface area contributed by atoms with Crippen LogP contribution in [0.25, 0.3) is 10.9 Å². The molecule has 2 atom stereocenters. The molecule has 0 unspecified atom stereocenters. The Hall–Kier alpha value is -3.22.